The molecule has 0 bridgehead atoms. The van der Waals surface area contributed by atoms with E-state index in [1.165, 1.54) is 17.6 Å². The molecule has 0 radical (unpaired) electrons. The van der Waals surface area contributed by atoms with Gasteiger partial charge in [-0.2, -0.15) is 0 Å². The van der Waals surface area contributed by atoms with Crippen LogP contribution in [0, 0.1) is 6.92 Å². The third-order valence-corrected chi connectivity index (χ3v) is 6.50. The van der Waals surface area contributed by atoms with Crippen molar-refractivity contribution in [1.29, 1.82) is 0 Å². The Kier molecular flexibility index (Phi) is 7.31. The number of carbonyl (C=O) groups excluding carboxylic acids is 3. The van der Waals surface area contributed by atoms with E-state index >= 15 is 0 Å². The summed E-state index contributed by atoms with van der Waals surface area (Å²) in [5.74, 6) is 0.0834. The third kappa shape index (κ3) is 5.60. The number of likely N-dealkylation sites (N-methyl/N-ethyl adjacent to an activating group) is 1. The van der Waals surface area contributed by atoms with E-state index in [4.69, 9.17) is 4.42 Å². The molecule has 35 heavy (non-hydrogen) atoms. The normalized spacial score (nSPS) is 10.9. The minimum Gasteiger partial charge on any atom is -0.469 e. The molecule has 3 aromatic heterocycles. The molecular weight excluding hydrogens is 466 g/mol. The SMILES string of the molecule is CCN(CC)C(=O)Cn1ccc2cc(NC(=O)Cc3csc(NC(=O)c4ccoc4C)n3)ccc21. The van der Waals surface area contributed by atoms with Crippen LogP contribution in [0.15, 0.2) is 52.6 Å². The number of nitrogens with zero attached hydrogens (tertiary/aromatic N) is 3. The molecule has 9 nitrogen and oxygen atoms in total. The number of benzene rings is 1. The summed E-state index contributed by atoms with van der Waals surface area (Å²) in [6, 6.07) is 9.12. The number of amides is 3. The lowest BCUT2D eigenvalue weighted by atomic mass is 10.2. The first kappa shape index (κ1) is 24.2. The molecular formula is C25H27N5O4S. The van der Waals surface area contributed by atoms with Gasteiger partial charge in [0.05, 0.1) is 23.9 Å². The van der Waals surface area contributed by atoms with E-state index in [2.05, 4.69) is 15.6 Å². The molecule has 3 amide bonds. The van der Waals surface area contributed by atoms with Gasteiger partial charge in [-0.1, -0.05) is 0 Å². The number of nitrogens with one attached hydrogen (secondary N) is 2. The van der Waals surface area contributed by atoms with E-state index in [0.29, 0.717) is 40.9 Å². The topological polar surface area (TPSA) is 109 Å². The van der Waals surface area contributed by atoms with Crippen LogP contribution in [-0.4, -0.2) is 45.3 Å². The Bertz CT molecular complexity index is 1370. The molecule has 3 heterocycles. The maximum absolute atomic E-state index is 12.6. The fourth-order valence-corrected chi connectivity index (χ4v) is 4.54. The van der Waals surface area contributed by atoms with Gasteiger partial charge in [0, 0.05) is 41.3 Å². The number of fused-ring (bicyclic) bond motifs is 1. The van der Waals surface area contributed by atoms with Crippen molar-refractivity contribution in [1.82, 2.24) is 14.5 Å². The van der Waals surface area contributed by atoms with Gasteiger partial charge in [0.2, 0.25) is 11.8 Å². The number of hydrogen-bond acceptors (Lipinski definition) is 6. The molecule has 0 spiro atoms. The lowest BCUT2D eigenvalue weighted by Crippen LogP contribution is -2.33. The number of furan rings is 1. The first-order valence-electron chi connectivity index (χ1n) is 11.3. The Morgan fingerprint density at radius 2 is 1.91 bits per heavy atom. The predicted molar refractivity (Wildman–Crippen MR) is 136 cm³/mol. The molecule has 0 saturated heterocycles. The van der Waals surface area contributed by atoms with Crippen molar-refractivity contribution in [3.8, 4) is 0 Å². The van der Waals surface area contributed by atoms with Crippen LogP contribution in [0.25, 0.3) is 10.9 Å². The molecule has 0 atom stereocenters. The van der Waals surface area contributed by atoms with Gasteiger partial charge in [0.15, 0.2) is 5.13 Å². The van der Waals surface area contributed by atoms with Crippen molar-refractivity contribution in [2.75, 3.05) is 23.7 Å². The van der Waals surface area contributed by atoms with Crippen molar-refractivity contribution >= 4 is 50.8 Å². The number of rotatable bonds is 9. The van der Waals surface area contributed by atoms with Crippen LogP contribution >= 0.6 is 11.3 Å². The van der Waals surface area contributed by atoms with Crippen molar-refractivity contribution in [3.05, 3.63) is 65.2 Å². The quantitative estimate of drug-likeness (QED) is 0.361. The Labute approximate surface area is 206 Å². The van der Waals surface area contributed by atoms with E-state index in [1.54, 1.807) is 23.3 Å². The number of anilines is 2. The summed E-state index contributed by atoms with van der Waals surface area (Å²) in [5, 5.41) is 8.71. The van der Waals surface area contributed by atoms with Crippen molar-refractivity contribution < 1.29 is 18.8 Å². The maximum Gasteiger partial charge on any atom is 0.260 e. The van der Waals surface area contributed by atoms with Gasteiger partial charge in [-0.15, -0.1) is 11.3 Å². The number of thiazole rings is 1. The Balaban J connectivity index is 1.36. The smallest absolute Gasteiger partial charge is 0.260 e. The number of aryl methyl sites for hydroxylation is 1. The van der Waals surface area contributed by atoms with Gasteiger partial charge in [-0.3, -0.25) is 19.7 Å². The first-order valence-corrected chi connectivity index (χ1v) is 12.2. The molecule has 0 aliphatic carbocycles. The number of hydrogen-bond donors (Lipinski definition) is 2. The second-order valence-corrected chi connectivity index (χ2v) is 8.85. The van der Waals surface area contributed by atoms with Crippen LogP contribution in [0.1, 0.15) is 35.7 Å². The predicted octanol–water partition coefficient (Wildman–Crippen LogP) is 4.30. The highest BCUT2D eigenvalue weighted by Crippen LogP contribution is 2.22. The van der Waals surface area contributed by atoms with Crippen molar-refractivity contribution in [2.45, 2.75) is 33.7 Å². The third-order valence-electron chi connectivity index (χ3n) is 5.69. The zero-order valence-electron chi connectivity index (χ0n) is 19.8. The highest BCUT2D eigenvalue weighted by atomic mass is 32.1. The van der Waals surface area contributed by atoms with Crippen LogP contribution in [0.2, 0.25) is 0 Å². The number of aromatic nitrogens is 2. The zero-order valence-corrected chi connectivity index (χ0v) is 20.6. The largest absolute Gasteiger partial charge is 0.469 e. The summed E-state index contributed by atoms with van der Waals surface area (Å²) in [4.78, 5) is 43.5. The van der Waals surface area contributed by atoms with E-state index in [0.717, 1.165) is 10.9 Å². The fourth-order valence-electron chi connectivity index (χ4n) is 3.84. The van der Waals surface area contributed by atoms with E-state index in [9.17, 15) is 14.4 Å². The highest BCUT2D eigenvalue weighted by molar-refractivity contribution is 7.14. The number of carbonyl (C=O) groups is 3. The van der Waals surface area contributed by atoms with Crippen LogP contribution in [0.3, 0.4) is 0 Å². The van der Waals surface area contributed by atoms with E-state index in [-0.39, 0.29) is 30.7 Å². The lowest BCUT2D eigenvalue weighted by molar-refractivity contribution is -0.131. The van der Waals surface area contributed by atoms with Crippen LogP contribution < -0.4 is 10.6 Å². The Morgan fingerprint density at radius 1 is 1.11 bits per heavy atom. The summed E-state index contributed by atoms with van der Waals surface area (Å²) in [7, 11) is 0. The summed E-state index contributed by atoms with van der Waals surface area (Å²) < 4.78 is 7.07. The average Bonchev–Trinajstić information content (AvgIpc) is 3.55. The van der Waals surface area contributed by atoms with Gasteiger partial charge in [0.25, 0.3) is 5.91 Å². The summed E-state index contributed by atoms with van der Waals surface area (Å²) >= 11 is 1.26. The standard InChI is InChI=1S/C25H27N5O4S/c1-4-29(5-2)23(32)14-30-10-8-17-12-18(6-7-21(17)30)26-22(31)13-19-15-35-25(27-19)28-24(33)20-9-11-34-16(20)3/h6-12,15H,4-5,13-14H2,1-3H3,(H,26,31)(H,27,28,33). The van der Waals surface area contributed by atoms with Crippen LogP contribution in [-0.2, 0) is 22.6 Å². The van der Waals surface area contributed by atoms with Gasteiger partial charge in [0.1, 0.15) is 12.3 Å². The van der Waals surface area contributed by atoms with E-state index < -0.39 is 0 Å². The molecule has 0 saturated carbocycles. The highest BCUT2D eigenvalue weighted by Gasteiger charge is 2.15. The molecule has 4 rings (SSSR count). The van der Waals surface area contributed by atoms with Gasteiger partial charge < -0.3 is 19.2 Å². The van der Waals surface area contributed by atoms with Crippen LogP contribution in [0.4, 0.5) is 10.8 Å². The van der Waals surface area contributed by atoms with Gasteiger partial charge >= 0.3 is 0 Å². The van der Waals surface area contributed by atoms with Crippen molar-refractivity contribution in [3.63, 3.8) is 0 Å². The monoisotopic (exact) mass is 493 g/mol. The second kappa shape index (κ2) is 10.6. The average molecular weight is 494 g/mol. The Morgan fingerprint density at radius 3 is 2.63 bits per heavy atom. The minimum absolute atomic E-state index is 0.0728. The minimum atomic E-state index is -0.305. The molecule has 182 valence electrons. The van der Waals surface area contributed by atoms with Gasteiger partial charge in [-0.05, 0) is 51.1 Å². The fraction of sp³-hybridized carbons (Fsp3) is 0.280. The van der Waals surface area contributed by atoms with Crippen LogP contribution in [0.5, 0.6) is 0 Å². The molecule has 0 aliphatic heterocycles. The molecule has 4 aromatic rings. The molecule has 0 aliphatic rings. The first-order chi connectivity index (χ1) is 16.9. The Hall–Kier alpha value is -3.92. The molecule has 1 aromatic carbocycles. The van der Waals surface area contributed by atoms with E-state index in [1.807, 2.05) is 48.9 Å². The molecule has 0 fully saturated rings. The maximum atomic E-state index is 12.6. The summed E-state index contributed by atoms with van der Waals surface area (Å²) in [5.41, 5.74) is 2.60. The zero-order chi connectivity index (χ0) is 24.9. The van der Waals surface area contributed by atoms with Crippen molar-refractivity contribution in [2.24, 2.45) is 0 Å². The molecule has 10 heteroatoms. The molecule has 0 unspecified atom stereocenters. The molecule has 2 N–H and O–H groups in total. The lowest BCUT2D eigenvalue weighted by Gasteiger charge is -2.19. The second-order valence-electron chi connectivity index (χ2n) is 8.00. The summed E-state index contributed by atoms with van der Waals surface area (Å²) in [6.07, 6.45) is 3.42. The van der Waals surface area contributed by atoms with Gasteiger partial charge in [-0.25, -0.2) is 4.98 Å². The summed E-state index contributed by atoms with van der Waals surface area (Å²) in [6.45, 7) is 7.29.